The van der Waals surface area contributed by atoms with Gasteiger partial charge in [-0.15, -0.1) is 0 Å². The summed E-state index contributed by atoms with van der Waals surface area (Å²) in [5, 5.41) is 9.76. The number of benzene rings is 1. The van der Waals surface area contributed by atoms with Crippen LogP contribution in [0.3, 0.4) is 0 Å². The lowest BCUT2D eigenvalue weighted by Crippen LogP contribution is -2.53. The standard InChI is InChI=1S/C15H23BrN2O/c1-3-17-7-8-18(10-12(17)2)15(11-19)13-5-4-6-14(16)9-13/h4-6,9,12,15,19H,3,7-8,10-11H2,1-2H3. The lowest BCUT2D eigenvalue weighted by molar-refractivity contribution is 0.0367. The zero-order chi connectivity index (χ0) is 13.8. The monoisotopic (exact) mass is 326 g/mol. The summed E-state index contributed by atoms with van der Waals surface area (Å²) in [7, 11) is 0. The highest BCUT2D eigenvalue weighted by molar-refractivity contribution is 9.10. The number of halogens is 1. The Morgan fingerprint density at radius 1 is 1.42 bits per heavy atom. The highest BCUT2D eigenvalue weighted by Crippen LogP contribution is 2.25. The third-order valence-corrected chi connectivity index (χ3v) is 4.54. The van der Waals surface area contributed by atoms with E-state index >= 15 is 0 Å². The Morgan fingerprint density at radius 3 is 2.79 bits per heavy atom. The van der Waals surface area contributed by atoms with Crippen molar-refractivity contribution in [3.63, 3.8) is 0 Å². The van der Waals surface area contributed by atoms with Crippen molar-refractivity contribution in [2.24, 2.45) is 0 Å². The minimum atomic E-state index is 0.110. The van der Waals surface area contributed by atoms with Gasteiger partial charge in [0.1, 0.15) is 0 Å². The van der Waals surface area contributed by atoms with E-state index in [9.17, 15) is 5.11 Å². The fourth-order valence-electron chi connectivity index (χ4n) is 2.92. The molecule has 1 saturated heterocycles. The molecule has 0 aliphatic carbocycles. The Hall–Kier alpha value is -0.420. The highest BCUT2D eigenvalue weighted by Gasteiger charge is 2.28. The van der Waals surface area contributed by atoms with Gasteiger partial charge in [0.25, 0.3) is 0 Å². The molecule has 0 saturated carbocycles. The summed E-state index contributed by atoms with van der Waals surface area (Å²) >= 11 is 3.51. The predicted octanol–water partition coefficient (Wildman–Crippen LogP) is 2.51. The molecular formula is C15H23BrN2O. The molecule has 106 valence electrons. The minimum Gasteiger partial charge on any atom is -0.394 e. The van der Waals surface area contributed by atoms with Gasteiger partial charge in [0.15, 0.2) is 0 Å². The van der Waals surface area contributed by atoms with Crippen molar-refractivity contribution in [2.45, 2.75) is 25.9 Å². The summed E-state index contributed by atoms with van der Waals surface area (Å²) in [6.45, 7) is 8.89. The second-order valence-corrected chi connectivity index (χ2v) is 6.14. The molecule has 0 amide bonds. The van der Waals surface area contributed by atoms with Crippen molar-refractivity contribution in [3.8, 4) is 0 Å². The van der Waals surface area contributed by atoms with E-state index in [0.29, 0.717) is 6.04 Å². The van der Waals surface area contributed by atoms with Crippen LogP contribution in [0.25, 0.3) is 0 Å². The Bertz CT molecular complexity index is 413. The molecule has 0 aromatic heterocycles. The Balaban J connectivity index is 2.10. The van der Waals surface area contributed by atoms with Crippen LogP contribution < -0.4 is 0 Å². The van der Waals surface area contributed by atoms with Gasteiger partial charge in [-0.2, -0.15) is 0 Å². The van der Waals surface area contributed by atoms with E-state index in [1.165, 1.54) is 5.56 Å². The lowest BCUT2D eigenvalue weighted by Gasteiger charge is -2.42. The topological polar surface area (TPSA) is 26.7 Å². The van der Waals surface area contributed by atoms with Crippen molar-refractivity contribution < 1.29 is 5.11 Å². The molecule has 4 heteroatoms. The van der Waals surface area contributed by atoms with Gasteiger partial charge in [0, 0.05) is 30.1 Å². The fourth-order valence-corrected chi connectivity index (χ4v) is 3.34. The molecule has 1 heterocycles. The van der Waals surface area contributed by atoms with E-state index in [2.05, 4.69) is 51.7 Å². The van der Waals surface area contributed by atoms with E-state index in [1.807, 2.05) is 12.1 Å². The van der Waals surface area contributed by atoms with E-state index in [0.717, 1.165) is 30.7 Å². The van der Waals surface area contributed by atoms with E-state index in [1.54, 1.807) is 0 Å². The van der Waals surface area contributed by atoms with Gasteiger partial charge in [-0.3, -0.25) is 9.80 Å². The summed E-state index contributed by atoms with van der Waals surface area (Å²) < 4.78 is 1.07. The Labute approximate surface area is 124 Å². The van der Waals surface area contributed by atoms with E-state index in [-0.39, 0.29) is 12.6 Å². The number of likely N-dealkylation sites (N-methyl/N-ethyl adjacent to an activating group) is 1. The van der Waals surface area contributed by atoms with E-state index in [4.69, 9.17) is 0 Å². The third kappa shape index (κ3) is 3.57. The van der Waals surface area contributed by atoms with Crippen LogP contribution in [0.4, 0.5) is 0 Å². The van der Waals surface area contributed by atoms with Gasteiger partial charge in [-0.1, -0.05) is 35.0 Å². The number of rotatable bonds is 4. The molecule has 1 aliphatic rings. The molecule has 2 atom stereocenters. The van der Waals surface area contributed by atoms with Crippen molar-refractivity contribution in [1.82, 2.24) is 9.80 Å². The number of piperazine rings is 1. The van der Waals surface area contributed by atoms with Crippen LogP contribution in [-0.4, -0.2) is 53.7 Å². The summed E-state index contributed by atoms with van der Waals surface area (Å²) in [6, 6.07) is 8.93. The van der Waals surface area contributed by atoms with E-state index < -0.39 is 0 Å². The average Bonchev–Trinajstić information content (AvgIpc) is 2.40. The van der Waals surface area contributed by atoms with Crippen molar-refractivity contribution in [1.29, 1.82) is 0 Å². The molecule has 1 aliphatic heterocycles. The fraction of sp³-hybridized carbons (Fsp3) is 0.600. The molecule has 0 bridgehead atoms. The second kappa shape index (κ2) is 6.84. The third-order valence-electron chi connectivity index (χ3n) is 4.05. The molecule has 19 heavy (non-hydrogen) atoms. The summed E-state index contributed by atoms with van der Waals surface area (Å²) in [5.74, 6) is 0. The summed E-state index contributed by atoms with van der Waals surface area (Å²) in [4.78, 5) is 4.89. The van der Waals surface area contributed by atoms with Gasteiger partial charge in [-0.05, 0) is 31.2 Å². The minimum absolute atomic E-state index is 0.110. The lowest BCUT2D eigenvalue weighted by atomic mass is 10.0. The first-order chi connectivity index (χ1) is 9.15. The van der Waals surface area contributed by atoms with Gasteiger partial charge in [0.2, 0.25) is 0 Å². The van der Waals surface area contributed by atoms with Crippen LogP contribution in [0.5, 0.6) is 0 Å². The molecule has 2 rings (SSSR count). The Kier molecular flexibility index (Phi) is 5.39. The summed E-state index contributed by atoms with van der Waals surface area (Å²) in [6.07, 6.45) is 0. The largest absolute Gasteiger partial charge is 0.394 e. The van der Waals surface area contributed by atoms with Crippen LogP contribution in [0.15, 0.2) is 28.7 Å². The average molecular weight is 327 g/mol. The van der Waals surface area contributed by atoms with Gasteiger partial charge >= 0.3 is 0 Å². The number of aliphatic hydroxyl groups is 1. The van der Waals surface area contributed by atoms with Crippen LogP contribution in [0, 0.1) is 0 Å². The molecule has 1 N–H and O–H groups in total. The van der Waals surface area contributed by atoms with Crippen LogP contribution in [-0.2, 0) is 0 Å². The quantitative estimate of drug-likeness (QED) is 0.921. The number of aliphatic hydroxyl groups excluding tert-OH is 1. The van der Waals surface area contributed by atoms with Crippen molar-refractivity contribution in [2.75, 3.05) is 32.8 Å². The molecule has 0 spiro atoms. The van der Waals surface area contributed by atoms with Crippen molar-refractivity contribution >= 4 is 15.9 Å². The zero-order valence-corrected chi connectivity index (χ0v) is 13.3. The molecule has 3 nitrogen and oxygen atoms in total. The molecule has 1 fully saturated rings. The molecule has 2 unspecified atom stereocenters. The molecule has 1 aromatic rings. The van der Waals surface area contributed by atoms with Crippen LogP contribution in [0.1, 0.15) is 25.5 Å². The maximum Gasteiger partial charge on any atom is 0.0628 e. The Morgan fingerprint density at radius 2 is 2.21 bits per heavy atom. The maximum absolute atomic E-state index is 9.76. The van der Waals surface area contributed by atoms with Crippen molar-refractivity contribution in [3.05, 3.63) is 34.3 Å². The molecule has 1 aromatic carbocycles. The first kappa shape index (κ1) is 15.0. The maximum atomic E-state index is 9.76. The SMILES string of the molecule is CCN1CCN(C(CO)c2cccc(Br)c2)CC1C. The number of hydrogen-bond donors (Lipinski definition) is 1. The molecular weight excluding hydrogens is 304 g/mol. The predicted molar refractivity (Wildman–Crippen MR) is 82.3 cm³/mol. The first-order valence-electron chi connectivity index (χ1n) is 7.00. The second-order valence-electron chi connectivity index (χ2n) is 5.23. The van der Waals surface area contributed by atoms with Gasteiger partial charge in [-0.25, -0.2) is 0 Å². The number of hydrogen-bond acceptors (Lipinski definition) is 3. The smallest absolute Gasteiger partial charge is 0.0628 e. The summed E-state index contributed by atoms with van der Waals surface area (Å²) in [5.41, 5.74) is 1.19. The van der Waals surface area contributed by atoms with Crippen LogP contribution in [0.2, 0.25) is 0 Å². The van der Waals surface area contributed by atoms with Gasteiger partial charge < -0.3 is 5.11 Å². The highest BCUT2D eigenvalue weighted by atomic mass is 79.9. The first-order valence-corrected chi connectivity index (χ1v) is 7.79. The van der Waals surface area contributed by atoms with Crippen LogP contribution >= 0.6 is 15.9 Å². The van der Waals surface area contributed by atoms with Gasteiger partial charge in [0.05, 0.1) is 12.6 Å². The normalized spacial score (nSPS) is 23.5. The molecule has 0 radical (unpaired) electrons. The zero-order valence-electron chi connectivity index (χ0n) is 11.7. The number of nitrogens with zero attached hydrogens (tertiary/aromatic N) is 2.